The first-order chi connectivity index (χ1) is 17.8. The van der Waals surface area contributed by atoms with Crippen LogP contribution in [-0.2, 0) is 0 Å². The molecule has 0 heterocycles. The number of rotatable bonds is 8. The standard InChI is InChI=1S/C30H46Ge.2C3H9Ge/c1-17(2)23-13-25(19(5)6)29(26(14-23)20(7)8)31-30-27(21(9)10)15-24(18(3)4)16-28(30)22(11)12;2*1-4(2)3/h13-22H,1-12H3;2*1-3H3. The van der Waals surface area contributed by atoms with Gasteiger partial charge in [-0.05, 0) is 0 Å². The van der Waals surface area contributed by atoms with Crippen LogP contribution < -0.4 is 8.79 Å². The Hall–Kier alpha value is 0.0686. The summed E-state index contributed by atoms with van der Waals surface area (Å²) in [6, 6.07) is 10.1. The van der Waals surface area contributed by atoms with Gasteiger partial charge in [-0.3, -0.25) is 0 Å². The van der Waals surface area contributed by atoms with Crippen molar-refractivity contribution in [3.8, 4) is 0 Å². The number of hydrogen-bond acceptors (Lipinski definition) is 0. The van der Waals surface area contributed by atoms with E-state index in [1.807, 2.05) is 0 Å². The van der Waals surface area contributed by atoms with E-state index < -0.39 is 15.4 Å². The zero-order valence-corrected chi connectivity index (χ0v) is 35.6. The summed E-state index contributed by atoms with van der Waals surface area (Å²) in [5.74, 6) is 17.4. The van der Waals surface area contributed by atoms with E-state index in [9.17, 15) is 0 Å². The van der Waals surface area contributed by atoms with Gasteiger partial charge in [0, 0.05) is 0 Å². The summed E-state index contributed by atoms with van der Waals surface area (Å²) < 4.78 is 3.41. The summed E-state index contributed by atoms with van der Waals surface area (Å²) in [5, 5.41) is 0. The molecule has 0 aromatic heterocycles. The van der Waals surface area contributed by atoms with Crippen LogP contribution in [0.25, 0.3) is 0 Å². The zero-order chi connectivity index (χ0) is 30.8. The maximum atomic E-state index is 2.53. The average Bonchev–Trinajstić information content (AvgIpc) is 2.77. The van der Waals surface area contributed by atoms with Crippen LogP contribution in [0.3, 0.4) is 0 Å². The molecule has 0 saturated heterocycles. The minimum absolute atomic E-state index is 0.333. The summed E-state index contributed by atoms with van der Waals surface area (Å²) >= 11 is -1.10. The molecule has 0 atom stereocenters. The first-order valence-corrected chi connectivity index (χ1v) is 30.2. The van der Waals surface area contributed by atoms with Gasteiger partial charge in [0.05, 0.1) is 0 Å². The molecule has 39 heavy (non-hydrogen) atoms. The topological polar surface area (TPSA) is 0 Å². The van der Waals surface area contributed by atoms with Crippen molar-refractivity contribution in [2.45, 2.75) is 153 Å². The third-order valence-corrected chi connectivity index (χ3v) is 9.99. The average molecular weight is 715 g/mol. The fraction of sp³-hybridized carbons (Fsp3) is 0.667. The Balaban J connectivity index is 0.00000159. The molecule has 0 spiro atoms. The molecule has 3 heteroatoms. The molecule has 0 nitrogen and oxygen atoms in total. The predicted octanol–water partition coefficient (Wildman–Crippen LogP) is 10.8. The molecular formula is C36H64Ge3. The van der Waals surface area contributed by atoms with Crippen molar-refractivity contribution in [1.82, 2.24) is 0 Å². The molecule has 0 amide bonds. The normalized spacial score (nSPS) is 11.7. The van der Waals surface area contributed by atoms with Crippen LogP contribution in [0, 0.1) is 0 Å². The van der Waals surface area contributed by atoms with E-state index in [0.717, 1.165) is 0 Å². The van der Waals surface area contributed by atoms with Crippen LogP contribution in [-0.4, -0.2) is 44.1 Å². The van der Waals surface area contributed by atoms with E-state index in [1.165, 1.54) is 11.1 Å². The molecule has 2 aromatic rings. The molecule has 0 unspecified atom stereocenters. The monoisotopic (exact) mass is 718 g/mol. The van der Waals surface area contributed by atoms with Gasteiger partial charge in [-0.15, -0.1) is 0 Å². The van der Waals surface area contributed by atoms with Crippen molar-refractivity contribution in [1.29, 1.82) is 0 Å². The molecule has 0 aliphatic rings. The molecule has 0 aliphatic heterocycles. The van der Waals surface area contributed by atoms with Crippen LogP contribution in [0.4, 0.5) is 0 Å². The van der Waals surface area contributed by atoms with Crippen molar-refractivity contribution in [2.75, 3.05) is 0 Å². The van der Waals surface area contributed by atoms with E-state index in [1.54, 1.807) is 31.0 Å². The Labute approximate surface area is 262 Å². The fourth-order valence-electron chi connectivity index (χ4n) is 4.33. The molecule has 0 saturated carbocycles. The van der Waals surface area contributed by atoms with Crippen LogP contribution in [0.1, 0.15) is 152 Å². The van der Waals surface area contributed by atoms with Gasteiger partial charge in [-0.2, -0.15) is 0 Å². The van der Waals surface area contributed by atoms with Crippen molar-refractivity contribution in [2.24, 2.45) is 0 Å². The second kappa shape index (κ2) is 18.6. The van der Waals surface area contributed by atoms with Gasteiger partial charge in [-0.1, -0.05) is 0 Å². The Morgan fingerprint density at radius 2 is 0.564 bits per heavy atom. The van der Waals surface area contributed by atoms with Gasteiger partial charge < -0.3 is 0 Å². The Morgan fingerprint density at radius 3 is 0.692 bits per heavy atom. The molecule has 0 bridgehead atoms. The fourth-order valence-corrected chi connectivity index (χ4v) is 9.09. The van der Waals surface area contributed by atoms with E-state index in [4.69, 9.17) is 0 Å². The van der Waals surface area contributed by atoms with Gasteiger partial charge in [0.2, 0.25) is 0 Å². The Morgan fingerprint density at radius 1 is 0.385 bits per heavy atom. The van der Waals surface area contributed by atoms with Crippen LogP contribution in [0.15, 0.2) is 24.3 Å². The zero-order valence-electron chi connectivity index (χ0n) is 29.3. The van der Waals surface area contributed by atoms with Crippen molar-refractivity contribution < 1.29 is 0 Å². The molecule has 0 fully saturated rings. The van der Waals surface area contributed by atoms with E-state index in [0.29, 0.717) is 35.5 Å². The summed E-state index contributed by atoms with van der Waals surface area (Å²) in [6.07, 6.45) is 0. The minimum atomic E-state index is -0.436. The van der Waals surface area contributed by atoms with Gasteiger partial charge in [0.25, 0.3) is 0 Å². The second-order valence-corrected chi connectivity index (χ2v) is 29.4. The molecule has 220 valence electrons. The first-order valence-electron chi connectivity index (χ1n) is 15.5. The van der Waals surface area contributed by atoms with Crippen molar-refractivity contribution in [3.63, 3.8) is 0 Å². The first kappa shape index (κ1) is 39.1. The number of hydrogen-bond donors (Lipinski definition) is 0. The molecule has 4 radical (unpaired) electrons. The molecule has 2 rings (SSSR count). The van der Waals surface area contributed by atoms with Crippen molar-refractivity contribution >= 4 is 52.9 Å². The van der Waals surface area contributed by atoms with Crippen LogP contribution in [0.2, 0.25) is 34.5 Å². The van der Waals surface area contributed by atoms with Crippen LogP contribution in [0.5, 0.6) is 0 Å². The summed E-state index contributed by atoms with van der Waals surface area (Å²) in [6.45, 7) is 28.4. The number of benzene rings is 2. The van der Waals surface area contributed by atoms with E-state index >= 15 is 0 Å². The van der Waals surface area contributed by atoms with E-state index in [-0.39, 0.29) is 28.7 Å². The van der Waals surface area contributed by atoms with Gasteiger partial charge >= 0.3 is 264 Å². The van der Waals surface area contributed by atoms with Gasteiger partial charge in [0.15, 0.2) is 0 Å². The molecule has 2 aromatic carbocycles. The summed E-state index contributed by atoms with van der Waals surface area (Å²) in [4.78, 5) is 0. The maximum absolute atomic E-state index is 2.53. The SMILES string of the molecule is CC(C)c1cc(C(C)C)[c]([Ge][c]2c(C(C)C)cc(C(C)C)cc2C(C)C)c(C(C)C)c1.[CH3][Ge]([CH3])[CH3].[CH3][Ge]([CH3])[CH3]. The Kier molecular flexibility index (Phi) is 18.6. The van der Waals surface area contributed by atoms with Gasteiger partial charge in [-0.25, -0.2) is 0 Å². The van der Waals surface area contributed by atoms with Crippen LogP contribution >= 0.6 is 0 Å². The second-order valence-electron chi connectivity index (χ2n) is 14.2. The Bertz CT molecular complexity index is 836. The summed E-state index contributed by atoms with van der Waals surface area (Å²) in [5.41, 5.74) is 9.43. The predicted molar refractivity (Wildman–Crippen MR) is 189 cm³/mol. The van der Waals surface area contributed by atoms with Crippen molar-refractivity contribution in [3.05, 3.63) is 57.6 Å². The third-order valence-electron chi connectivity index (χ3n) is 6.51. The molecule has 0 N–H and O–H groups in total. The van der Waals surface area contributed by atoms with Gasteiger partial charge in [0.1, 0.15) is 0 Å². The quantitative estimate of drug-likeness (QED) is 0.239. The molecular weight excluding hydrogens is 650 g/mol. The third kappa shape index (κ3) is 13.7. The molecule has 0 aliphatic carbocycles. The van der Waals surface area contributed by atoms with E-state index in [2.05, 4.69) is 142 Å². The summed E-state index contributed by atoms with van der Waals surface area (Å²) in [7, 11) is 0.